The van der Waals surface area contributed by atoms with Gasteiger partial charge in [0, 0.05) is 12.8 Å². The molecule has 0 unspecified atom stereocenters. The molecule has 0 aromatic heterocycles. The van der Waals surface area contributed by atoms with Crippen LogP contribution in [0.15, 0.2) is 54.1 Å². The molecule has 2 bridgehead atoms. The summed E-state index contributed by atoms with van der Waals surface area (Å²) in [6.07, 6.45) is 12.7. The summed E-state index contributed by atoms with van der Waals surface area (Å²) in [4.78, 5) is 11.6. The van der Waals surface area contributed by atoms with Crippen molar-refractivity contribution in [3.8, 4) is 0 Å². The first kappa shape index (κ1) is 15.4. The van der Waals surface area contributed by atoms with E-state index in [1.807, 2.05) is 0 Å². The second kappa shape index (κ2) is 5.56. The van der Waals surface area contributed by atoms with E-state index in [0.29, 0.717) is 23.0 Å². The number of fused-ring (bicyclic) bond motifs is 4. The van der Waals surface area contributed by atoms with E-state index in [0.717, 1.165) is 12.8 Å². The molecule has 0 amide bonds. The summed E-state index contributed by atoms with van der Waals surface area (Å²) in [6.45, 7) is 0. The van der Waals surface area contributed by atoms with Crippen molar-refractivity contribution in [1.29, 1.82) is 0 Å². The minimum Gasteiger partial charge on any atom is -0.299 e. The van der Waals surface area contributed by atoms with Gasteiger partial charge in [0.1, 0.15) is 5.78 Å². The fraction of sp³-hybridized carbons (Fsp3) is 0.458. The fourth-order valence-electron chi connectivity index (χ4n) is 5.96. The first-order chi connectivity index (χ1) is 12.2. The lowest BCUT2D eigenvalue weighted by Gasteiger charge is -2.55. The molecule has 6 rings (SSSR count). The quantitative estimate of drug-likeness (QED) is 0.607. The zero-order valence-electron chi connectivity index (χ0n) is 14.9. The van der Waals surface area contributed by atoms with E-state index in [2.05, 4.69) is 48.5 Å². The van der Waals surface area contributed by atoms with E-state index in [4.69, 9.17) is 0 Å². The first-order valence-electron chi connectivity index (χ1n) is 9.90. The molecule has 0 aliphatic heterocycles. The molecule has 25 heavy (non-hydrogen) atoms. The zero-order chi connectivity index (χ0) is 16.9. The third kappa shape index (κ3) is 2.32. The third-order valence-corrected chi connectivity index (χ3v) is 7.54. The Morgan fingerprint density at radius 2 is 1.40 bits per heavy atom. The summed E-state index contributed by atoms with van der Waals surface area (Å²) in [5.41, 5.74) is 4.02. The molecule has 0 spiro atoms. The van der Waals surface area contributed by atoms with Crippen LogP contribution in [0.1, 0.15) is 63.4 Å². The molecule has 3 saturated carbocycles. The van der Waals surface area contributed by atoms with Gasteiger partial charge in [0.05, 0.1) is 0 Å². The van der Waals surface area contributed by atoms with Gasteiger partial charge in [0.2, 0.25) is 0 Å². The molecular weight excluding hydrogens is 304 g/mol. The smallest absolute Gasteiger partial charge is 0.136 e. The summed E-state index contributed by atoms with van der Waals surface area (Å²) < 4.78 is 0. The Hall–Kier alpha value is -1.89. The number of Topliss-reactive ketones (excluding diaryl/α,β-unsaturated/α-hetero) is 1. The van der Waals surface area contributed by atoms with Crippen LogP contribution in [0.2, 0.25) is 0 Å². The van der Waals surface area contributed by atoms with Gasteiger partial charge in [-0.05, 0) is 72.1 Å². The monoisotopic (exact) mass is 330 g/mol. The molecule has 0 radical (unpaired) electrons. The number of benzene rings is 2. The second-order valence-corrected chi connectivity index (χ2v) is 8.56. The van der Waals surface area contributed by atoms with Crippen molar-refractivity contribution in [3.63, 3.8) is 0 Å². The minimum absolute atomic E-state index is 0.383. The number of allylic oxidation sites excluding steroid dienone is 2. The van der Waals surface area contributed by atoms with Crippen molar-refractivity contribution in [3.05, 3.63) is 59.7 Å². The highest BCUT2D eigenvalue weighted by Gasteiger charge is 2.51. The zero-order valence-corrected chi connectivity index (χ0v) is 14.9. The SMILES string of the molecule is O=C1CC=C(C23CCC(c4cccc5ccccc45)(CC2)CC3)CC1. The highest BCUT2D eigenvalue weighted by Crippen LogP contribution is 2.62. The lowest BCUT2D eigenvalue weighted by atomic mass is 9.49. The van der Waals surface area contributed by atoms with Crippen LogP contribution < -0.4 is 0 Å². The van der Waals surface area contributed by atoms with Crippen molar-refractivity contribution < 1.29 is 4.79 Å². The predicted octanol–water partition coefficient (Wildman–Crippen LogP) is 6.11. The lowest BCUT2D eigenvalue weighted by Crippen LogP contribution is -2.45. The Morgan fingerprint density at radius 1 is 0.720 bits per heavy atom. The third-order valence-electron chi connectivity index (χ3n) is 7.54. The fourth-order valence-corrected chi connectivity index (χ4v) is 5.96. The molecule has 128 valence electrons. The Morgan fingerprint density at radius 3 is 2.12 bits per heavy atom. The van der Waals surface area contributed by atoms with Gasteiger partial charge < -0.3 is 0 Å². The van der Waals surface area contributed by atoms with Crippen molar-refractivity contribution in [2.45, 2.75) is 63.2 Å². The average Bonchev–Trinajstić information content (AvgIpc) is 2.69. The van der Waals surface area contributed by atoms with Crippen LogP contribution in [-0.2, 0) is 10.2 Å². The molecule has 0 saturated heterocycles. The predicted molar refractivity (Wildman–Crippen MR) is 103 cm³/mol. The van der Waals surface area contributed by atoms with Crippen LogP contribution in [0.5, 0.6) is 0 Å². The van der Waals surface area contributed by atoms with Crippen molar-refractivity contribution in [2.75, 3.05) is 0 Å². The van der Waals surface area contributed by atoms with Crippen LogP contribution >= 0.6 is 0 Å². The molecule has 4 aliphatic carbocycles. The van der Waals surface area contributed by atoms with Gasteiger partial charge in [0.15, 0.2) is 0 Å². The summed E-state index contributed by atoms with van der Waals surface area (Å²) in [5, 5.41) is 2.84. The van der Waals surface area contributed by atoms with Crippen molar-refractivity contribution in [2.24, 2.45) is 5.41 Å². The second-order valence-electron chi connectivity index (χ2n) is 8.56. The van der Waals surface area contributed by atoms with E-state index in [1.54, 1.807) is 11.1 Å². The topological polar surface area (TPSA) is 17.1 Å². The number of hydrogen-bond acceptors (Lipinski definition) is 1. The molecule has 2 aromatic rings. The highest BCUT2D eigenvalue weighted by atomic mass is 16.1. The minimum atomic E-state index is 0.383. The molecular formula is C24H26O. The van der Waals surface area contributed by atoms with Crippen LogP contribution in [0.4, 0.5) is 0 Å². The molecule has 0 N–H and O–H groups in total. The van der Waals surface area contributed by atoms with Gasteiger partial charge >= 0.3 is 0 Å². The highest BCUT2D eigenvalue weighted by molar-refractivity contribution is 5.86. The standard InChI is InChI=1S/C24H26O/c25-20-10-8-19(9-11-20)23-12-15-24(16-13-23,17-14-23)22-7-3-5-18-4-1-2-6-21(18)22/h1-8H,9-17H2. The molecule has 0 heterocycles. The summed E-state index contributed by atoms with van der Waals surface area (Å²) in [6, 6.07) is 15.8. The molecule has 1 heteroatoms. The Labute approximate surface area is 150 Å². The molecule has 0 atom stereocenters. The number of carbonyl (C=O) groups is 1. The van der Waals surface area contributed by atoms with Gasteiger partial charge in [-0.2, -0.15) is 0 Å². The van der Waals surface area contributed by atoms with E-state index >= 15 is 0 Å². The maximum absolute atomic E-state index is 11.6. The van der Waals surface area contributed by atoms with Crippen molar-refractivity contribution >= 4 is 16.6 Å². The van der Waals surface area contributed by atoms with Crippen LogP contribution in [0.3, 0.4) is 0 Å². The lowest BCUT2D eigenvalue weighted by molar-refractivity contribution is -0.118. The number of ketones is 1. The van der Waals surface area contributed by atoms with Gasteiger partial charge in [-0.1, -0.05) is 54.1 Å². The van der Waals surface area contributed by atoms with E-state index < -0.39 is 0 Å². The maximum atomic E-state index is 11.6. The number of rotatable bonds is 2. The molecule has 2 aromatic carbocycles. The summed E-state index contributed by atoms with van der Waals surface area (Å²) in [7, 11) is 0. The average molecular weight is 330 g/mol. The van der Waals surface area contributed by atoms with Gasteiger partial charge in [-0.25, -0.2) is 0 Å². The number of hydrogen-bond donors (Lipinski definition) is 0. The summed E-state index contributed by atoms with van der Waals surface area (Å²) in [5.74, 6) is 0.428. The van der Waals surface area contributed by atoms with Gasteiger partial charge in [-0.15, -0.1) is 0 Å². The summed E-state index contributed by atoms with van der Waals surface area (Å²) >= 11 is 0. The van der Waals surface area contributed by atoms with Gasteiger partial charge in [-0.3, -0.25) is 4.79 Å². The Kier molecular flexibility index (Phi) is 3.42. The largest absolute Gasteiger partial charge is 0.299 e. The molecule has 4 aliphatic rings. The molecule has 3 fully saturated rings. The molecule has 1 nitrogen and oxygen atoms in total. The van der Waals surface area contributed by atoms with E-state index in [1.165, 1.54) is 49.3 Å². The van der Waals surface area contributed by atoms with E-state index in [9.17, 15) is 4.79 Å². The van der Waals surface area contributed by atoms with Gasteiger partial charge in [0.25, 0.3) is 0 Å². The van der Waals surface area contributed by atoms with Crippen LogP contribution in [0, 0.1) is 5.41 Å². The maximum Gasteiger partial charge on any atom is 0.136 e. The van der Waals surface area contributed by atoms with Crippen molar-refractivity contribution in [1.82, 2.24) is 0 Å². The van der Waals surface area contributed by atoms with Crippen LogP contribution in [-0.4, -0.2) is 5.78 Å². The number of carbonyl (C=O) groups excluding carboxylic acids is 1. The van der Waals surface area contributed by atoms with E-state index in [-0.39, 0.29) is 0 Å². The Bertz CT molecular complexity index is 843. The normalized spacial score (nSPS) is 32.0. The van der Waals surface area contributed by atoms with Crippen LogP contribution in [0.25, 0.3) is 10.8 Å². The first-order valence-corrected chi connectivity index (χ1v) is 9.90. The Balaban J connectivity index is 1.48.